The Morgan fingerprint density at radius 3 is 1.70 bits per heavy atom. The van der Waals surface area contributed by atoms with Crippen molar-refractivity contribution in [1.29, 1.82) is 0 Å². The summed E-state index contributed by atoms with van der Waals surface area (Å²) in [4.78, 5) is 9.03. The summed E-state index contributed by atoms with van der Waals surface area (Å²) in [6.45, 7) is 5.71. The number of hydrogen-bond acceptors (Lipinski definition) is 4. The lowest BCUT2D eigenvalue weighted by molar-refractivity contribution is 0.217. The van der Waals surface area contributed by atoms with Crippen molar-refractivity contribution in [2.24, 2.45) is 9.98 Å². The van der Waals surface area contributed by atoms with Gasteiger partial charge in [-0.2, -0.15) is 0 Å². The first-order chi connectivity index (χ1) is 9.81. The zero-order valence-electron chi connectivity index (χ0n) is 12.0. The SMILES string of the molecule is CCC1CN=C(c2ccccc2C2=NCC(CC)O2)O1. The van der Waals surface area contributed by atoms with E-state index in [1.165, 1.54) is 0 Å². The van der Waals surface area contributed by atoms with E-state index in [4.69, 9.17) is 9.47 Å². The summed E-state index contributed by atoms with van der Waals surface area (Å²) >= 11 is 0. The molecule has 0 radical (unpaired) electrons. The lowest BCUT2D eigenvalue weighted by Crippen LogP contribution is -2.17. The molecule has 0 saturated heterocycles. The van der Waals surface area contributed by atoms with Crippen molar-refractivity contribution < 1.29 is 9.47 Å². The van der Waals surface area contributed by atoms with Crippen LogP contribution in [0.25, 0.3) is 0 Å². The topological polar surface area (TPSA) is 43.2 Å². The minimum Gasteiger partial charge on any atom is -0.472 e. The molecule has 1 aromatic carbocycles. The van der Waals surface area contributed by atoms with Crippen LogP contribution in [0.3, 0.4) is 0 Å². The van der Waals surface area contributed by atoms with Crippen LogP contribution in [0.1, 0.15) is 37.8 Å². The number of aliphatic imine (C=N–C) groups is 2. The second-order valence-electron chi connectivity index (χ2n) is 5.13. The Balaban J connectivity index is 1.87. The molecular formula is C16H20N2O2. The molecule has 0 spiro atoms. The molecule has 2 heterocycles. The van der Waals surface area contributed by atoms with E-state index in [0.717, 1.165) is 48.9 Å². The normalized spacial score (nSPS) is 24.9. The van der Waals surface area contributed by atoms with Gasteiger partial charge in [-0.1, -0.05) is 26.0 Å². The maximum atomic E-state index is 5.89. The number of nitrogens with zero attached hydrogens (tertiary/aromatic N) is 2. The third-order valence-electron chi connectivity index (χ3n) is 3.73. The molecule has 4 heteroatoms. The monoisotopic (exact) mass is 272 g/mol. The molecule has 20 heavy (non-hydrogen) atoms. The molecule has 0 N–H and O–H groups in total. The highest BCUT2D eigenvalue weighted by atomic mass is 16.5. The highest BCUT2D eigenvalue weighted by Crippen LogP contribution is 2.22. The first kappa shape index (κ1) is 13.2. The van der Waals surface area contributed by atoms with Gasteiger partial charge in [0.1, 0.15) is 12.2 Å². The molecule has 0 bridgehead atoms. The zero-order valence-corrected chi connectivity index (χ0v) is 12.0. The Labute approximate surface area is 119 Å². The molecular weight excluding hydrogens is 252 g/mol. The second kappa shape index (κ2) is 5.65. The van der Waals surface area contributed by atoms with Gasteiger partial charge in [0.25, 0.3) is 0 Å². The van der Waals surface area contributed by atoms with Crippen molar-refractivity contribution in [2.75, 3.05) is 13.1 Å². The Kier molecular flexibility index (Phi) is 3.72. The number of hydrogen-bond donors (Lipinski definition) is 0. The predicted molar refractivity (Wildman–Crippen MR) is 79.6 cm³/mol. The smallest absolute Gasteiger partial charge is 0.217 e. The molecule has 2 atom stereocenters. The fourth-order valence-electron chi connectivity index (χ4n) is 2.41. The summed E-state index contributed by atoms with van der Waals surface area (Å²) in [5.74, 6) is 1.44. The van der Waals surface area contributed by atoms with Crippen molar-refractivity contribution in [1.82, 2.24) is 0 Å². The number of ether oxygens (including phenoxy) is 2. The minimum absolute atomic E-state index is 0.202. The second-order valence-corrected chi connectivity index (χ2v) is 5.13. The van der Waals surface area contributed by atoms with Gasteiger partial charge in [0, 0.05) is 11.1 Å². The fourth-order valence-corrected chi connectivity index (χ4v) is 2.41. The van der Waals surface area contributed by atoms with Gasteiger partial charge in [0.15, 0.2) is 0 Å². The highest BCUT2D eigenvalue weighted by molar-refractivity contribution is 6.08. The molecule has 0 amide bonds. The Morgan fingerprint density at radius 2 is 1.35 bits per heavy atom. The lowest BCUT2D eigenvalue weighted by Gasteiger charge is -2.13. The average molecular weight is 272 g/mol. The summed E-state index contributed by atoms with van der Waals surface area (Å²) in [6, 6.07) is 8.04. The molecule has 2 aliphatic rings. The van der Waals surface area contributed by atoms with E-state index in [1.54, 1.807) is 0 Å². The van der Waals surface area contributed by atoms with Crippen molar-refractivity contribution in [3.63, 3.8) is 0 Å². The van der Waals surface area contributed by atoms with Gasteiger partial charge in [-0.05, 0) is 25.0 Å². The van der Waals surface area contributed by atoms with Gasteiger partial charge in [0.05, 0.1) is 13.1 Å². The lowest BCUT2D eigenvalue weighted by atomic mass is 10.1. The van der Waals surface area contributed by atoms with E-state index in [2.05, 4.69) is 23.8 Å². The van der Waals surface area contributed by atoms with Crippen LogP contribution in [-0.4, -0.2) is 37.1 Å². The standard InChI is InChI=1S/C16H20N2O2/c1-3-11-9-17-15(19-11)13-7-5-6-8-14(13)16-18-10-12(4-2)20-16/h5-8,11-12H,3-4,9-10H2,1-2H3. The summed E-state index contributed by atoms with van der Waals surface area (Å²) in [7, 11) is 0. The zero-order chi connectivity index (χ0) is 13.9. The van der Waals surface area contributed by atoms with Gasteiger partial charge in [0.2, 0.25) is 11.8 Å². The Bertz CT molecular complexity index is 502. The van der Waals surface area contributed by atoms with Crippen LogP contribution in [0.4, 0.5) is 0 Å². The van der Waals surface area contributed by atoms with Gasteiger partial charge < -0.3 is 9.47 Å². The largest absolute Gasteiger partial charge is 0.472 e. The summed E-state index contributed by atoms with van der Waals surface area (Å²) in [5, 5.41) is 0. The van der Waals surface area contributed by atoms with Crippen molar-refractivity contribution in [3.8, 4) is 0 Å². The molecule has 106 valence electrons. The molecule has 0 saturated carbocycles. The van der Waals surface area contributed by atoms with Crippen LogP contribution in [0.5, 0.6) is 0 Å². The van der Waals surface area contributed by atoms with Gasteiger partial charge in [-0.15, -0.1) is 0 Å². The van der Waals surface area contributed by atoms with Crippen LogP contribution in [0, 0.1) is 0 Å². The quantitative estimate of drug-likeness (QED) is 0.846. The van der Waals surface area contributed by atoms with Crippen LogP contribution in [0.15, 0.2) is 34.3 Å². The van der Waals surface area contributed by atoms with Crippen LogP contribution < -0.4 is 0 Å². The molecule has 0 aliphatic carbocycles. The molecule has 0 fully saturated rings. The van der Waals surface area contributed by atoms with Crippen molar-refractivity contribution in [3.05, 3.63) is 35.4 Å². The van der Waals surface area contributed by atoms with E-state index in [-0.39, 0.29) is 12.2 Å². The highest BCUT2D eigenvalue weighted by Gasteiger charge is 2.26. The number of benzene rings is 1. The van der Waals surface area contributed by atoms with Gasteiger partial charge in [-0.25, -0.2) is 9.98 Å². The molecule has 3 rings (SSSR count). The van der Waals surface area contributed by atoms with Gasteiger partial charge in [-0.3, -0.25) is 0 Å². The summed E-state index contributed by atoms with van der Waals surface area (Å²) in [5.41, 5.74) is 1.97. The maximum Gasteiger partial charge on any atom is 0.217 e. The summed E-state index contributed by atoms with van der Waals surface area (Å²) in [6.07, 6.45) is 2.36. The molecule has 1 aromatic rings. The van der Waals surface area contributed by atoms with E-state index >= 15 is 0 Å². The van der Waals surface area contributed by atoms with Crippen LogP contribution in [0.2, 0.25) is 0 Å². The minimum atomic E-state index is 0.202. The van der Waals surface area contributed by atoms with Crippen LogP contribution in [-0.2, 0) is 9.47 Å². The average Bonchev–Trinajstić information content (AvgIpc) is 3.16. The number of rotatable bonds is 4. The maximum absolute atomic E-state index is 5.89. The van der Waals surface area contributed by atoms with Crippen molar-refractivity contribution in [2.45, 2.75) is 38.9 Å². The van der Waals surface area contributed by atoms with Gasteiger partial charge >= 0.3 is 0 Å². The third kappa shape index (κ3) is 2.42. The van der Waals surface area contributed by atoms with E-state index in [1.807, 2.05) is 24.3 Å². The Morgan fingerprint density at radius 1 is 0.900 bits per heavy atom. The van der Waals surface area contributed by atoms with Crippen LogP contribution >= 0.6 is 0 Å². The van der Waals surface area contributed by atoms with E-state index in [9.17, 15) is 0 Å². The van der Waals surface area contributed by atoms with E-state index < -0.39 is 0 Å². The molecule has 4 nitrogen and oxygen atoms in total. The predicted octanol–water partition coefficient (Wildman–Crippen LogP) is 2.80. The van der Waals surface area contributed by atoms with E-state index in [0.29, 0.717) is 0 Å². The van der Waals surface area contributed by atoms with Crippen molar-refractivity contribution >= 4 is 11.8 Å². The Hall–Kier alpha value is -1.84. The third-order valence-corrected chi connectivity index (χ3v) is 3.73. The molecule has 2 unspecified atom stereocenters. The molecule has 2 aliphatic heterocycles. The fraction of sp³-hybridized carbons (Fsp3) is 0.500. The first-order valence-electron chi connectivity index (χ1n) is 7.33. The first-order valence-corrected chi connectivity index (χ1v) is 7.33. The molecule has 0 aromatic heterocycles. The summed E-state index contributed by atoms with van der Waals surface area (Å²) < 4.78 is 11.8.